The van der Waals surface area contributed by atoms with Crippen LogP contribution in [0.25, 0.3) is 0 Å². The van der Waals surface area contributed by atoms with Gasteiger partial charge in [0.2, 0.25) is 0 Å². The normalized spacial score (nSPS) is 25.9. The van der Waals surface area contributed by atoms with Crippen molar-refractivity contribution in [3.05, 3.63) is 0 Å². The zero-order valence-electron chi connectivity index (χ0n) is 18.5. The van der Waals surface area contributed by atoms with E-state index in [1.165, 1.54) is 25.7 Å². The van der Waals surface area contributed by atoms with Gasteiger partial charge in [0.1, 0.15) is 12.7 Å². The van der Waals surface area contributed by atoms with Crippen LogP contribution in [0.3, 0.4) is 0 Å². The highest BCUT2D eigenvalue weighted by Gasteiger charge is 2.47. The average Bonchev–Trinajstić information content (AvgIpc) is 3.62. The van der Waals surface area contributed by atoms with E-state index in [9.17, 15) is 14.5 Å². The van der Waals surface area contributed by atoms with Crippen molar-refractivity contribution in [3.8, 4) is 0 Å². The van der Waals surface area contributed by atoms with Crippen LogP contribution in [0.15, 0.2) is 0 Å². The zero-order chi connectivity index (χ0) is 22.7. The molecule has 0 aromatic carbocycles. The maximum absolute atomic E-state index is 11.6. The highest BCUT2D eigenvalue weighted by Crippen LogP contribution is 2.39. The fourth-order valence-electron chi connectivity index (χ4n) is 3.74. The molecule has 0 bridgehead atoms. The molecule has 0 aromatic heterocycles. The van der Waals surface area contributed by atoms with Crippen molar-refractivity contribution >= 4 is 13.8 Å². The lowest BCUT2D eigenvalue weighted by atomic mass is 10.0. The Labute approximate surface area is 185 Å². The summed E-state index contributed by atoms with van der Waals surface area (Å²) in [6.07, 6.45) is 12.8. The molecule has 2 aliphatic rings. The van der Waals surface area contributed by atoms with Crippen molar-refractivity contribution in [2.75, 3.05) is 13.2 Å². The predicted molar refractivity (Wildman–Crippen MR) is 113 cm³/mol. The second kappa shape index (κ2) is 13.9. The summed E-state index contributed by atoms with van der Waals surface area (Å²) in [4.78, 5) is 28.7. The van der Waals surface area contributed by atoms with E-state index in [0.717, 1.165) is 44.9 Å². The Kier molecular flexibility index (Phi) is 12.0. The number of ether oxygens (including phenoxy) is 3. The molecule has 2 fully saturated rings. The number of esters is 1. The average molecular weight is 467 g/mol. The number of phosphoric acid groups is 1. The molecule has 5 unspecified atom stereocenters. The van der Waals surface area contributed by atoms with Crippen LogP contribution in [-0.2, 0) is 28.1 Å². The summed E-state index contributed by atoms with van der Waals surface area (Å²) in [7, 11) is -4.63. The van der Waals surface area contributed by atoms with E-state index < -0.39 is 26.5 Å². The number of phosphoric ester groups is 1. The largest absolute Gasteiger partial charge is 0.469 e. The van der Waals surface area contributed by atoms with Gasteiger partial charge in [0, 0.05) is 12.8 Å². The van der Waals surface area contributed by atoms with Gasteiger partial charge < -0.3 is 29.1 Å². The maximum Gasteiger partial charge on any atom is 0.469 e. The van der Waals surface area contributed by atoms with E-state index in [1.54, 1.807) is 0 Å². The smallest absolute Gasteiger partial charge is 0.463 e. The van der Waals surface area contributed by atoms with Crippen molar-refractivity contribution in [1.82, 2.24) is 0 Å². The Hall–Kier alpha value is -0.540. The van der Waals surface area contributed by atoms with E-state index in [0.29, 0.717) is 24.4 Å². The lowest BCUT2D eigenvalue weighted by Crippen LogP contribution is -2.23. The molecule has 10 heteroatoms. The number of hydrogen-bond donors (Lipinski definition) is 3. The van der Waals surface area contributed by atoms with E-state index in [2.05, 4.69) is 11.4 Å². The van der Waals surface area contributed by atoms with Crippen LogP contribution < -0.4 is 0 Å². The van der Waals surface area contributed by atoms with Crippen LogP contribution in [0.5, 0.6) is 0 Å². The van der Waals surface area contributed by atoms with Crippen molar-refractivity contribution < 1.29 is 43.0 Å². The molecule has 0 saturated carbocycles. The fourth-order valence-corrected chi connectivity index (χ4v) is 4.11. The van der Waals surface area contributed by atoms with E-state index in [4.69, 9.17) is 24.0 Å². The quantitative estimate of drug-likeness (QED) is 0.113. The SMILES string of the molecule is CCCCCC1OC1CC1OC1CCCCCCCC(=O)OCC(O)COP(=O)(O)O. The molecule has 0 amide bonds. The van der Waals surface area contributed by atoms with Crippen molar-refractivity contribution in [2.24, 2.45) is 0 Å². The van der Waals surface area contributed by atoms with Gasteiger partial charge in [-0.2, -0.15) is 0 Å². The summed E-state index contributed by atoms with van der Waals surface area (Å²) in [5.74, 6) is -0.431. The lowest BCUT2D eigenvalue weighted by molar-refractivity contribution is -0.147. The Morgan fingerprint density at radius 3 is 2.10 bits per heavy atom. The third-order valence-corrected chi connectivity index (χ3v) is 6.16. The number of carbonyl (C=O) groups is 1. The minimum Gasteiger partial charge on any atom is -0.463 e. The molecule has 0 radical (unpaired) electrons. The summed E-state index contributed by atoms with van der Waals surface area (Å²) in [5, 5.41) is 9.44. The van der Waals surface area contributed by atoms with Gasteiger partial charge in [0.25, 0.3) is 0 Å². The number of epoxide rings is 2. The highest BCUT2D eigenvalue weighted by molar-refractivity contribution is 7.46. The molecule has 5 atom stereocenters. The number of carbonyl (C=O) groups excluding carboxylic acids is 1. The van der Waals surface area contributed by atoms with Gasteiger partial charge in [0.05, 0.1) is 31.0 Å². The highest BCUT2D eigenvalue weighted by atomic mass is 31.2. The summed E-state index contributed by atoms with van der Waals surface area (Å²) in [5.41, 5.74) is 0. The molecule has 2 aliphatic heterocycles. The lowest BCUT2D eigenvalue weighted by Gasteiger charge is -2.12. The number of aliphatic hydroxyl groups is 1. The molecule has 2 rings (SSSR count). The van der Waals surface area contributed by atoms with E-state index in [1.807, 2.05) is 0 Å². The first-order chi connectivity index (χ1) is 14.8. The second-order valence-electron chi connectivity index (χ2n) is 8.59. The third kappa shape index (κ3) is 12.9. The monoisotopic (exact) mass is 466 g/mol. The van der Waals surface area contributed by atoms with Gasteiger partial charge in [0.15, 0.2) is 0 Å². The summed E-state index contributed by atoms with van der Waals surface area (Å²) in [6, 6.07) is 0. The number of hydrogen-bond acceptors (Lipinski definition) is 7. The molecular formula is C21H39O9P. The Bertz CT molecular complexity index is 567. The standard InChI is InChI=1S/C21H39O9P/c1-2-3-7-10-17-19(29-17)13-20-18(30-20)11-8-5-4-6-9-12-21(23)27-14-16(22)15-28-31(24,25)26/h16-20,22H,2-15H2,1H3,(H2,24,25,26). The van der Waals surface area contributed by atoms with Gasteiger partial charge in [-0.3, -0.25) is 9.32 Å². The van der Waals surface area contributed by atoms with Crippen LogP contribution in [0, 0.1) is 0 Å². The van der Waals surface area contributed by atoms with Gasteiger partial charge in [-0.25, -0.2) is 4.57 Å². The van der Waals surface area contributed by atoms with Gasteiger partial charge in [-0.1, -0.05) is 51.9 Å². The van der Waals surface area contributed by atoms with Crippen molar-refractivity contribution in [2.45, 2.75) is 114 Å². The Morgan fingerprint density at radius 2 is 1.48 bits per heavy atom. The molecule has 0 aliphatic carbocycles. The first kappa shape index (κ1) is 26.7. The second-order valence-corrected chi connectivity index (χ2v) is 9.83. The summed E-state index contributed by atoms with van der Waals surface area (Å²) >= 11 is 0. The van der Waals surface area contributed by atoms with Crippen LogP contribution in [0.2, 0.25) is 0 Å². The zero-order valence-corrected chi connectivity index (χ0v) is 19.4. The fraction of sp³-hybridized carbons (Fsp3) is 0.952. The van der Waals surface area contributed by atoms with Crippen molar-refractivity contribution in [1.29, 1.82) is 0 Å². The predicted octanol–water partition coefficient (Wildman–Crippen LogP) is 3.24. The number of rotatable bonds is 19. The molecule has 9 nitrogen and oxygen atoms in total. The van der Waals surface area contributed by atoms with Gasteiger partial charge in [-0.05, 0) is 19.3 Å². The molecule has 0 spiro atoms. The van der Waals surface area contributed by atoms with E-state index in [-0.39, 0.29) is 13.0 Å². The number of unbranched alkanes of at least 4 members (excludes halogenated alkanes) is 6. The summed E-state index contributed by atoms with van der Waals surface area (Å²) in [6.45, 7) is 1.29. The third-order valence-electron chi connectivity index (χ3n) is 5.67. The minimum absolute atomic E-state index is 0.265. The van der Waals surface area contributed by atoms with Gasteiger partial charge in [-0.15, -0.1) is 0 Å². The minimum atomic E-state index is -4.63. The Morgan fingerprint density at radius 1 is 0.903 bits per heavy atom. The molecule has 0 aromatic rings. The maximum atomic E-state index is 11.6. The van der Waals surface area contributed by atoms with Crippen LogP contribution in [0.4, 0.5) is 0 Å². The molecule has 3 N–H and O–H groups in total. The van der Waals surface area contributed by atoms with Crippen molar-refractivity contribution in [3.63, 3.8) is 0 Å². The molecule has 31 heavy (non-hydrogen) atoms. The van der Waals surface area contributed by atoms with Crippen LogP contribution in [-0.4, -0.2) is 64.6 Å². The first-order valence-electron chi connectivity index (χ1n) is 11.6. The molecule has 182 valence electrons. The van der Waals surface area contributed by atoms with Crippen LogP contribution >= 0.6 is 7.82 Å². The van der Waals surface area contributed by atoms with E-state index >= 15 is 0 Å². The molecule has 2 heterocycles. The topological polar surface area (TPSA) is 138 Å². The molecule has 2 saturated heterocycles. The first-order valence-corrected chi connectivity index (χ1v) is 13.2. The number of aliphatic hydroxyl groups excluding tert-OH is 1. The Balaban J connectivity index is 1.34. The van der Waals surface area contributed by atoms with Crippen LogP contribution in [0.1, 0.15) is 84.0 Å². The van der Waals surface area contributed by atoms with Gasteiger partial charge >= 0.3 is 13.8 Å². The molecular weight excluding hydrogens is 427 g/mol. The summed E-state index contributed by atoms with van der Waals surface area (Å²) < 4.78 is 31.0.